The Morgan fingerprint density at radius 1 is 0.587 bits per heavy atom. The van der Waals surface area contributed by atoms with Gasteiger partial charge in [0.05, 0.1) is 22.8 Å². The fraction of sp³-hybridized carbons (Fsp3) is 0.381. The van der Waals surface area contributed by atoms with Crippen LogP contribution in [-0.2, 0) is 32.1 Å². The summed E-state index contributed by atoms with van der Waals surface area (Å²) < 4.78 is 0. The van der Waals surface area contributed by atoms with Crippen LogP contribution in [0, 0.1) is 6.92 Å². The number of nitrogens with zero attached hydrogens (tertiary/aromatic N) is 2. The number of benzene rings is 1. The van der Waals surface area contributed by atoms with Gasteiger partial charge in [0.2, 0.25) is 0 Å². The third kappa shape index (κ3) is 5.26. The second-order valence-electron chi connectivity index (χ2n) is 13.4. The molecule has 0 unspecified atom stereocenters. The van der Waals surface area contributed by atoms with Crippen molar-refractivity contribution in [2.24, 2.45) is 0 Å². The molecule has 0 fully saturated rings. The largest absolute Gasteiger partial charge is 0.355 e. The number of aromatic amines is 2. The molecule has 0 saturated carbocycles. The van der Waals surface area contributed by atoms with Crippen LogP contribution in [0.5, 0.6) is 0 Å². The highest BCUT2D eigenvalue weighted by Crippen LogP contribution is 2.42. The maximum Gasteiger partial charge on any atom is 0.0697 e. The van der Waals surface area contributed by atoms with Gasteiger partial charge in [0.15, 0.2) is 0 Å². The van der Waals surface area contributed by atoms with Crippen molar-refractivity contribution in [2.75, 3.05) is 0 Å². The maximum atomic E-state index is 5.44. The molecule has 3 aliphatic rings. The SMILES string of the molecule is CCCCC1=C(C)c2cc3[nH]c(cc4[nH]c(cc5nc(cc1n2)C1=C5Cc2ccccc2C1)c(CCCC)c4C)c(CC)c3CC. The van der Waals surface area contributed by atoms with Crippen molar-refractivity contribution in [2.45, 2.75) is 106 Å². The lowest BCUT2D eigenvalue weighted by atomic mass is 9.84. The Morgan fingerprint density at radius 2 is 1.13 bits per heavy atom. The first-order chi connectivity index (χ1) is 22.4. The molecule has 1 aromatic carbocycles. The van der Waals surface area contributed by atoms with Crippen LogP contribution in [0.3, 0.4) is 0 Å². The maximum absolute atomic E-state index is 5.44. The van der Waals surface area contributed by atoms with Gasteiger partial charge in [-0.05, 0) is 132 Å². The fourth-order valence-corrected chi connectivity index (χ4v) is 7.89. The van der Waals surface area contributed by atoms with Crippen LogP contribution in [0.2, 0.25) is 0 Å². The van der Waals surface area contributed by atoms with Gasteiger partial charge in [-0.2, -0.15) is 0 Å². The second kappa shape index (κ2) is 12.5. The van der Waals surface area contributed by atoms with Crippen LogP contribution < -0.4 is 0 Å². The molecule has 0 saturated heterocycles. The van der Waals surface area contributed by atoms with E-state index in [1.54, 1.807) is 0 Å². The Balaban J connectivity index is 1.59. The van der Waals surface area contributed by atoms with Gasteiger partial charge in [-0.1, -0.05) is 64.8 Å². The van der Waals surface area contributed by atoms with E-state index in [1.165, 1.54) is 90.6 Å². The zero-order chi connectivity index (χ0) is 31.9. The van der Waals surface area contributed by atoms with Crippen LogP contribution in [0.4, 0.5) is 0 Å². The number of nitrogens with one attached hydrogen (secondary N) is 2. The Kier molecular flexibility index (Phi) is 8.31. The summed E-state index contributed by atoms with van der Waals surface area (Å²) in [5.41, 5.74) is 23.0. The molecule has 8 bridgehead atoms. The Hall–Kier alpha value is -4.18. The van der Waals surface area contributed by atoms with E-state index < -0.39 is 0 Å². The van der Waals surface area contributed by atoms with Gasteiger partial charge in [-0.15, -0.1) is 0 Å². The lowest BCUT2D eigenvalue weighted by Gasteiger charge is -2.18. The third-order valence-corrected chi connectivity index (χ3v) is 10.6. The number of rotatable bonds is 8. The molecule has 2 aliphatic heterocycles. The molecule has 4 aromatic rings. The highest BCUT2D eigenvalue weighted by atomic mass is 14.8. The van der Waals surface area contributed by atoms with Crippen LogP contribution in [0.1, 0.15) is 123 Å². The van der Waals surface area contributed by atoms with E-state index in [0.717, 1.165) is 74.1 Å². The van der Waals surface area contributed by atoms with Crippen molar-refractivity contribution >= 4 is 44.4 Å². The number of aryl methyl sites for hydroxylation is 4. The van der Waals surface area contributed by atoms with Gasteiger partial charge in [-0.3, -0.25) is 0 Å². The van der Waals surface area contributed by atoms with E-state index in [1.807, 2.05) is 0 Å². The average Bonchev–Trinajstić information content (AvgIpc) is 3.75. The van der Waals surface area contributed by atoms with Crippen molar-refractivity contribution in [1.82, 2.24) is 19.9 Å². The second-order valence-corrected chi connectivity index (χ2v) is 13.4. The molecule has 4 heteroatoms. The molecule has 0 amide bonds. The van der Waals surface area contributed by atoms with Crippen molar-refractivity contribution < 1.29 is 0 Å². The smallest absolute Gasteiger partial charge is 0.0697 e. The first kappa shape index (κ1) is 30.5. The molecular weight excluding hydrogens is 560 g/mol. The lowest BCUT2D eigenvalue weighted by molar-refractivity contribution is 0.796. The van der Waals surface area contributed by atoms with E-state index in [2.05, 4.69) is 100 Å². The summed E-state index contributed by atoms with van der Waals surface area (Å²) in [6, 6.07) is 18.3. The number of fused-ring (bicyclic) bond motifs is 11. The lowest BCUT2D eigenvalue weighted by Crippen LogP contribution is -2.04. The van der Waals surface area contributed by atoms with Crippen molar-refractivity contribution in [3.05, 3.63) is 105 Å². The predicted octanol–water partition coefficient (Wildman–Crippen LogP) is 10.9. The summed E-state index contributed by atoms with van der Waals surface area (Å²) in [5, 5.41) is 0. The minimum atomic E-state index is 0.914. The van der Waals surface area contributed by atoms with Gasteiger partial charge < -0.3 is 9.97 Å². The molecule has 7 rings (SSSR count). The summed E-state index contributed by atoms with van der Waals surface area (Å²) >= 11 is 0. The molecule has 3 aromatic heterocycles. The first-order valence-electron chi connectivity index (χ1n) is 17.7. The number of H-pyrrole nitrogens is 2. The number of allylic oxidation sites excluding steroid dienone is 4. The number of hydrogen-bond donors (Lipinski definition) is 2. The van der Waals surface area contributed by atoms with Crippen LogP contribution in [-0.4, -0.2) is 19.9 Å². The van der Waals surface area contributed by atoms with E-state index in [4.69, 9.17) is 9.97 Å². The first-order valence-corrected chi connectivity index (χ1v) is 17.7. The molecule has 4 nitrogen and oxygen atoms in total. The van der Waals surface area contributed by atoms with E-state index in [0.29, 0.717) is 0 Å². The fourth-order valence-electron chi connectivity index (χ4n) is 7.89. The van der Waals surface area contributed by atoms with Gasteiger partial charge in [-0.25, -0.2) is 9.97 Å². The highest BCUT2D eigenvalue weighted by molar-refractivity contribution is 5.98. The topological polar surface area (TPSA) is 57.4 Å². The molecule has 2 N–H and O–H groups in total. The summed E-state index contributed by atoms with van der Waals surface area (Å²) in [4.78, 5) is 18.6. The zero-order valence-electron chi connectivity index (χ0n) is 28.6. The van der Waals surface area contributed by atoms with E-state index >= 15 is 0 Å². The van der Waals surface area contributed by atoms with Gasteiger partial charge >= 0.3 is 0 Å². The van der Waals surface area contributed by atoms with E-state index in [-0.39, 0.29) is 0 Å². The Morgan fingerprint density at radius 3 is 1.78 bits per heavy atom. The zero-order valence-corrected chi connectivity index (χ0v) is 28.6. The molecule has 236 valence electrons. The summed E-state index contributed by atoms with van der Waals surface area (Å²) in [5.74, 6) is 0. The summed E-state index contributed by atoms with van der Waals surface area (Å²) in [7, 11) is 0. The molecule has 0 spiro atoms. The average molecular weight is 609 g/mol. The summed E-state index contributed by atoms with van der Waals surface area (Å²) in [6.07, 6.45) is 10.6. The standard InChI is InChI=1S/C42H48N4/c1-7-11-17-31-25(5)35-21-37-29(9-3)30(10-4)38(45-37)22-36-26(6)32(18-12-8-2)40(44-36)24-42-34-20-28-16-14-13-15-27(28)19-33(34)41(46-42)23-39(31)43-35/h13-16,21-24,43,45H,7-12,17-20H2,1-6H3. The van der Waals surface area contributed by atoms with Crippen LogP contribution in [0.15, 0.2) is 48.5 Å². The monoisotopic (exact) mass is 608 g/mol. The third-order valence-electron chi connectivity index (χ3n) is 10.6. The quantitative estimate of drug-likeness (QED) is 0.209. The van der Waals surface area contributed by atoms with Crippen LogP contribution in [0.25, 0.3) is 44.4 Å². The number of unbranched alkanes of at least 4 members (excludes halogenated alkanes) is 2. The molecule has 46 heavy (non-hydrogen) atoms. The number of hydrogen-bond acceptors (Lipinski definition) is 2. The predicted molar refractivity (Wildman–Crippen MR) is 196 cm³/mol. The van der Waals surface area contributed by atoms with Crippen LogP contribution >= 0.6 is 0 Å². The highest BCUT2D eigenvalue weighted by Gasteiger charge is 2.27. The van der Waals surface area contributed by atoms with Crippen molar-refractivity contribution in [3.63, 3.8) is 0 Å². The van der Waals surface area contributed by atoms with Gasteiger partial charge in [0, 0.05) is 34.9 Å². The molecule has 0 atom stereocenters. The Labute approximate surface area is 274 Å². The van der Waals surface area contributed by atoms with E-state index in [9.17, 15) is 0 Å². The number of aromatic nitrogens is 4. The van der Waals surface area contributed by atoms with Crippen molar-refractivity contribution in [3.8, 4) is 0 Å². The molecule has 5 heterocycles. The van der Waals surface area contributed by atoms with Crippen molar-refractivity contribution in [1.29, 1.82) is 0 Å². The minimum Gasteiger partial charge on any atom is -0.355 e. The molecular formula is C42H48N4. The van der Waals surface area contributed by atoms with Gasteiger partial charge in [0.25, 0.3) is 0 Å². The van der Waals surface area contributed by atoms with Gasteiger partial charge in [0.1, 0.15) is 0 Å². The molecule has 1 aliphatic carbocycles. The molecule has 0 radical (unpaired) electrons. The normalized spacial score (nSPS) is 14.2. The minimum absolute atomic E-state index is 0.914. The summed E-state index contributed by atoms with van der Waals surface area (Å²) in [6.45, 7) is 13.7. The Bertz CT molecular complexity index is 2060.